The Morgan fingerprint density at radius 2 is 1.90 bits per heavy atom. The van der Waals surface area contributed by atoms with Gasteiger partial charge in [-0.05, 0) is 36.8 Å². The highest BCUT2D eigenvalue weighted by atomic mass is 16.5. The van der Waals surface area contributed by atoms with Crippen LogP contribution in [0.3, 0.4) is 0 Å². The van der Waals surface area contributed by atoms with E-state index in [9.17, 15) is 15.0 Å². The summed E-state index contributed by atoms with van der Waals surface area (Å²) in [7, 11) is 0. The summed E-state index contributed by atoms with van der Waals surface area (Å²) in [5.74, 6) is -0.715. The zero-order chi connectivity index (χ0) is 15.2. The van der Waals surface area contributed by atoms with E-state index in [1.54, 1.807) is 31.2 Å². The van der Waals surface area contributed by atoms with Crippen LogP contribution in [-0.2, 0) is 11.3 Å². The Hall–Kier alpha value is -2.69. The van der Waals surface area contributed by atoms with Gasteiger partial charge in [0, 0.05) is 12.2 Å². The van der Waals surface area contributed by atoms with E-state index >= 15 is 0 Å². The molecule has 21 heavy (non-hydrogen) atoms. The molecule has 2 aromatic carbocycles. The number of benzene rings is 2. The van der Waals surface area contributed by atoms with Gasteiger partial charge in [0.15, 0.2) is 11.5 Å². The van der Waals surface area contributed by atoms with Crippen molar-refractivity contribution in [2.75, 3.05) is 11.9 Å². The Labute approximate surface area is 122 Å². The Balaban J connectivity index is 2.12. The zero-order valence-corrected chi connectivity index (χ0v) is 11.7. The molecule has 0 saturated heterocycles. The largest absolute Gasteiger partial charge is 0.504 e. The number of rotatable bonds is 5. The van der Waals surface area contributed by atoms with Gasteiger partial charge >= 0.3 is 5.97 Å². The number of aromatic hydroxyl groups is 2. The van der Waals surface area contributed by atoms with E-state index in [0.29, 0.717) is 24.4 Å². The molecule has 5 heteroatoms. The topological polar surface area (TPSA) is 78.8 Å². The molecule has 0 spiro atoms. The number of carbonyl (C=O) groups excluding carboxylic acids is 1. The first-order valence-corrected chi connectivity index (χ1v) is 6.62. The number of para-hydroxylation sites is 1. The summed E-state index contributed by atoms with van der Waals surface area (Å²) in [4.78, 5) is 11.8. The molecule has 0 aliphatic heterocycles. The van der Waals surface area contributed by atoms with Crippen molar-refractivity contribution in [3.8, 4) is 11.5 Å². The molecule has 2 aromatic rings. The maximum atomic E-state index is 11.8. The van der Waals surface area contributed by atoms with Crippen LogP contribution in [0.15, 0.2) is 42.5 Å². The SMILES string of the molecule is CCOC(=O)c1ccccc1NCc1ccc(O)c(O)c1. The van der Waals surface area contributed by atoms with Crippen LogP contribution in [0.5, 0.6) is 11.5 Å². The Morgan fingerprint density at radius 3 is 2.62 bits per heavy atom. The Kier molecular flexibility index (Phi) is 4.66. The van der Waals surface area contributed by atoms with Crippen molar-refractivity contribution >= 4 is 11.7 Å². The Bertz CT molecular complexity index is 640. The summed E-state index contributed by atoms with van der Waals surface area (Å²) in [6.07, 6.45) is 0. The van der Waals surface area contributed by atoms with Crippen LogP contribution in [0.2, 0.25) is 0 Å². The van der Waals surface area contributed by atoms with E-state index in [1.807, 2.05) is 6.07 Å². The average Bonchev–Trinajstić information content (AvgIpc) is 2.49. The summed E-state index contributed by atoms with van der Waals surface area (Å²) in [5.41, 5.74) is 1.90. The standard InChI is InChI=1S/C16H17NO4/c1-2-21-16(20)12-5-3-4-6-13(12)17-10-11-7-8-14(18)15(19)9-11/h3-9,17-19H,2,10H2,1H3. The molecule has 0 amide bonds. The summed E-state index contributed by atoms with van der Waals surface area (Å²) in [6, 6.07) is 11.6. The highest BCUT2D eigenvalue weighted by Crippen LogP contribution is 2.25. The molecule has 0 saturated carbocycles. The monoisotopic (exact) mass is 287 g/mol. The molecule has 0 fully saturated rings. The Morgan fingerprint density at radius 1 is 1.14 bits per heavy atom. The van der Waals surface area contributed by atoms with E-state index in [4.69, 9.17) is 4.74 Å². The van der Waals surface area contributed by atoms with Gasteiger partial charge in [-0.3, -0.25) is 0 Å². The number of nitrogens with one attached hydrogen (secondary N) is 1. The number of ether oxygens (including phenoxy) is 1. The van der Waals surface area contributed by atoms with Gasteiger partial charge in [-0.25, -0.2) is 4.79 Å². The lowest BCUT2D eigenvalue weighted by Gasteiger charge is -2.11. The molecule has 3 N–H and O–H groups in total. The van der Waals surface area contributed by atoms with E-state index < -0.39 is 0 Å². The third-order valence-corrected chi connectivity index (χ3v) is 2.95. The molecule has 2 rings (SSSR count). The van der Waals surface area contributed by atoms with Crippen LogP contribution in [0.4, 0.5) is 5.69 Å². The van der Waals surface area contributed by atoms with Crippen LogP contribution in [0.25, 0.3) is 0 Å². The highest BCUT2D eigenvalue weighted by Gasteiger charge is 2.11. The first-order chi connectivity index (χ1) is 10.1. The first-order valence-electron chi connectivity index (χ1n) is 6.62. The third-order valence-electron chi connectivity index (χ3n) is 2.95. The van der Waals surface area contributed by atoms with Gasteiger partial charge < -0.3 is 20.3 Å². The normalized spacial score (nSPS) is 10.1. The first kappa shape index (κ1) is 14.7. The molecule has 0 aromatic heterocycles. The lowest BCUT2D eigenvalue weighted by Crippen LogP contribution is -2.09. The van der Waals surface area contributed by atoms with Crippen LogP contribution >= 0.6 is 0 Å². The van der Waals surface area contributed by atoms with Crippen LogP contribution in [-0.4, -0.2) is 22.8 Å². The smallest absolute Gasteiger partial charge is 0.340 e. The lowest BCUT2D eigenvalue weighted by molar-refractivity contribution is 0.0527. The number of hydrogen-bond donors (Lipinski definition) is 3. The highest BCUT2D eigenvalue weighted by molar-refractivity contribution is 5.95. The van der Waals surface area contributed by atoms with E-state index in [2.05, 4.69) is 5.32 Å². The maximum absolute atomic E-state index is 11.8. The molecular weight excluding hydrogens is 270 g/mol. The van der Waals surface area contributed by atoms with Crippen molar-refractivity contribution in [3.05, 3.63) is 53.6 Å². The second-order valence-electron chi connectivity index (χ2n) is 4.44. The predicted octanol–water partition coefficient (Wildman–Crippen LogP) is 2.89. The third kappa shape index (κ3) is 3.66. The van der Waals surface area contributed by atoms with Crippen LogP contribution in [0.1, 0.15) is 22.8 Å². The van der Waals surface area contributed by atoms with Crippen molar-refractivity contribution in [2.24, 2.45) is 0 Å². The molecule has 0 atom stereocenters. The fourth-order valence-corrected chi connectivity index (χ4v) is 1.90. The number of esters is 1. The van der Waals surface area contributed by atoms with Gasteiger partial charge in [0.25, 0.3) is 0 Å². The minimum Gasteiger partial charge on any atom is -0.504 e. The zero-order valence-electron chi connectivity index (χ0n) is 11.7. The quantitative estimate of drug-likeness (QED) is 0.582. The molecule has 0 heterocycles. The van der Waals surface area contributed by atoms with Crippen molar-refractivity contribution in [1.29, 1.82) is 0 Å². The van der Waals surface area contributed by atoms with Gasteiger partial charge in [0.2, 0.25) is 0 Å². The van der Waals surface area contributed by atoms with Crippen LogP contribution < -0.4 is 5.32 Å². The van der Waals surface area contributed by atoms with Crippen molar-refractivity contribution in [2.45, 2.75) is 13.5 Å². The molecule has 0 radical (unpaired) electrons. The maximum Gasteiger partial charge on any atom is 0.340 e. The molecule has 5 nitrogen and oxygen atoms in total. The van der Waals surface area contributed by atoms with Crippen molar-refractivity contribution in [3.63, 3.8) is 0 Å². The van der Waals surface area contributed by atoms with E-state index in [1.165, 1.54) is 12.1 Å². The summed E-state index contributed by atoms with van der Waals surface area (Å²) in [5, 5.41) is 21.9. The van der Waals surface area contributed by atoms with Crippen molar-refractivity contribution < 1.29 is 19.7 Å². The van der Waals surface area contributed by atoms with Crippen LogP contribution in [0, 0.1) is 0 Å². The van der Waals surface area contributed by atoms with Gasteiger partial charge in [0.1, 0.15) is 0 Å². The van der Waals surface area contributed by atoms with E-state index in [0.717, 1.165) is 5.56 Å². The number of hydrogen-bond acceptors (Lipinski definition) is 5. The van der Waals surface area contributed by atoms with Gasteiger partial charge in [-0.15, -0.1) is 0 Å². The second-order valence-corrected chi connectivity index (χ2v) is 4.44. The van der Waals surface area contributed by atoms with Gasteiger partial charge in [-0.2, -0.15) is 0 Å². The summed E-state index contributed by atoms with van der Waals surface area (Å²) < 4.78 is 5.00. The second kappa shape index (κ2) is 6.65. The number of phenolic OH excluding ortho intramolecular Hbond substituents is 2. The molecule has 0 unspecified atom stereocenters. The van der Waals surface area contributed by atoms with Gasteiger partial charge in [0.05, 0.1) is 12.2 Å². The fourth-order valence-electron chi connectivity index (χ4n) is 1.90. The molecule has 0 bridgehead atoms. The summed E-state index contributed by atoms with van der Waals surface area (Å²) >= 11 is 0. The number of phenols is 2. The van der Waals surface area contributed by atoms with Crippen molar-refractivity contribution in [1.82, 2.24) is 0 Å². The summed E-state index contributed by atoms with van der Waals surface area (Å²) in [6.45, 7) is 2.48. The van der Waals surface area contributed by atoms with E-state index in [-0.39, 0.29) is 17.5 Å². The number of anilines is 1. The molecule has 0 aliphatic rings. The van der Waals surface area contributed by atoms with Gasteiger partial charge in [-0.1, -0.05) is 18.2 Å². The minimum atomic E-state index is -0.380. The molecule has 110 valence electrons. The average molecular weight is 287 g/mol. The molecule has 0 aliphatic carbocycles. The minimum absolute atomic E-state index is 0.161. The molecular formula is C16H17NO4. The number of carbonyl (C=O) groups is 1. The fraction of sp³-hybridized carbons (Fsp3) is 0.188. The predicted molar refractivity (Wildman–Crippen MR) is 79.5 cm³/mol. The lowest BCUT2D eigenvalue weighted by atomic mass is 10.1.